The van der Waals surface area contributed by atoms with Crippen LogP contribution in [0.15, 0.2) is 58.7 Å². The molecule has 5 heteroatoms. The summed E-state index contributed by atoms with van der Waals surface area (Å²) < 4.78 is 0. The fraction of sp³-hybridized carbons (Fsp3) is 0.167. The fourth-order valence-electron chi connectivity index (χ4n) is 2.46. The first-order valence-electron chi connectivity index (χ1n) is 7.34. The molecular formula is C18H18N4O. The molecule has 0 saturated heterocycles. The van der Waals surface area contributed by atoms with E-state index in [1.807, 2.05) is 67.5 Å². The van der Waals surface area contributed by atoms with Gasteiger partial charge in [0, 0.05) is 32.4 Å². The van der Waals surface area contributed by atoms with Crippen molar-refractivity contribution < 1.29 is 4.79 Å². The van der Waals surface area contributed by atoms with Crippen LogP contribution in [0.4, 0.5) is 11.4 Å². The number of hydrogen-bond acceptors (Lipinski definition) is 4. The van der Waals surface area contributed by atoms with Crippen LogP contribution < -0.4 is 9.80 Å². The van der Waals surface area contributed by atoms with Crippen LogP contribution in [0.5, 0.6) is 0 Å². The van der Waals surface area contributed by atoms with E-state index in [1.54, 1.807) is 18.2 Å². The Balaban J connectivity index is 1.84. The highest BCUT2D eigenvalue weighted by Gasteiger charge is 2.30. The van der Waals surface area contributed by atoms with Crippen molar-refractivity contribution in [1.29, 1.82) is 0 Å². The predicted octanol–water partition coefficient (Wildman–Crippen LogP) is 2.55. The van der Waals surface area contributed by atoms with Crippen molar-refractivity contribution in [3.05, 3.63) is 59.7 Å². The van der Waals surface area contributed by atoms with Gasteiger partial charge >= 0.3 is 0 Å². The number of anilines is 2. The highest BCUT2D eigenvalue weighted by molar-refractivity contribution is 6.54. The van der Waals surface area contributed by atoms with Gasteiger partial charge in [-0.3, -0.25) is 4.79 Å². The maximum atomic E-state index is 12.2. The first-order valence-corrected chi connectivity index (χ1v) is 7.34. The summed E-state index contributed by atoms with van der Waals surface area (Å²) >= 11 is 0. The van der Waals surface area contributed by atoms with Crippen molar-refractivity contribution in [2.45, 2.75) is 0 Å². The SMILES string of the molecule is CN(C)c1ccc(/C=N/N=C2\C(=O)N(C)c3ccccc32)cc1. The predicted molar refractivity (Wildman–Crippen MR) is 94.8 cm³/mol. The maximum absolute atomic E-state index is 12.2. The number of para-hydroxylation sites is 1. The summed E-state index contributed by atoms with van der Waals surface area (Å²) in [6, 6.07) is 15.5. The molecule has 1 aliphatic rings. The molecule has 5 nitrogen and oxygen atoms in total. The molecule has 0 aliphatic carbocycles. The van der Waals surface area contributed by atoms with E-state index in [-0.39, 0.29) is 5.91 Å². The van der Waals surface area contributed by atoms with Crippen LogP contribution >= 0.6 is 0 Å². The summed E-state index contributed by atoms with van der Waals surface area (Å²) in [6.07, 6.45) is 1.65. The molecule has 1 aliphatic heterocycles. The van der Waals surface area contributed by atoms with Gasteiger partial charge in [0.15, 0.2) is 5.71 Å². The molecule has 1 amide bonds. The molecule has 0 spiro atoms. The smallest absolute Gasteiger partial charge is 0.279 e. The molecular weight excluding hydrogens is 288 g/mol. The molecule has 1 heterocycles. The van der Waals surface area contributed by atoms with Crippen LogP contribution in [0.2, 0.25) is 0 Å². The third kappa shape index (κ3) is 2.85. The Hall–Kier alpha value is -2.95. The lowest BCUT2D eigenvalue weighted by Gasteiger charge is -2.11. The number of carbonyl (C=O) groups excluding carboxylic acids is 1. The minimum atomic E-state index is -0.133. The Labute approximate surface area is 135 Å². The molecule has 0 N–H and O–H groups in total. The summed E-state index contributed by atoms with van der Waals surface area (Å²) in [5.41, 5.74) is 4.12. The topological polar surface area (TPSA) is 48.3 Å². The van der Waals surface area contributed by atoms with Gasteiger partial charge in [0.1, 0.15) is 0 Å². The molecule has 2 aromatic carbocycles. The monoisotopic (exact) mass is 306 g/mol. The number of carbonyl (C=O) groups is 1. The van der Waals surface area contributed by atoms with E-state index in [0.29, 0.717) is 5.71 Å². The second-order valence-corrected chi connectivity index (χ2v) is 5.56. The quantitative estimate of drug-likeness (QED) is 0.646. The van der Waals surface area contributed by atoms with E-state index in [4.69, 9.17) is 0 Å². The van der Waals surface area contributed by atoms with Crippen molar-refractivity contribution in [3.63, 3.8) is 0 Å². The van der Waals surface area contributed by atoms with Crippen molar-refractivity contribution in [3.8, 4) is 0 Å². The van der Waals surface area contributed by atoms with Crippen LogP contribution in [0.1, 0.15) is 11.1 Å². The zero-order chi connectivity index (χ0) is 16.4. The minimum Gasteiger partial charge on any atom is -0.378 e. The molecule has 0 saturated carbocycles. The third-order valence-corrected chi connectivity index (χ3v) is 3.80. The second-order valence-electron chi connectivity index (χ2n) is 5.56. The highest BCUT2D eigenvalue weighted by Crippen LogP contribution is 2.27. The van der Waals surface area contributed by atoms with Crippen LogP contribution in [0.25, 0.3) is 0 Å². The second kappa shape index (κ2) is 6.04. The van der Waals surface area contributed by atoms with E-state index < -0.39 is 0 Å². The number of nitrogens with zero attached hydrogens (tertiary/aromatic N) is 4. The van der Waals surface area contributed by atoms with Gasteiger partial charge in [0.2, 0.25) is 0 Å². The normalized spacial score (nSPS) is 15.5. The summed E-state index contributed by atoms with van der Waals surface area (Å²) in [5, 5.41) is 8.22. The number of rotatable bonds is 3. The molecule has 116 valence electrons. The van der Waals surface area contributed by atoms with E-state index in [0.717, 1.165) is 22.5 Å². The Morgan fingerprint density at radius 2 is 1.74 bits per heavy atom. The number of benzene rings is 2. The number of fused-ring (bicyclic) bond motifs is 1. The number of likely N-dealkylation sites (N-methyl/N-ethyl adjacent to an activating group) is 1. The Kier molecular flexibility index (Phi) is 3.93. The standard InChI is InChI=1S/C18H18N4O/c1-21(2)14-10-8-13(9-11-14)12-19-20-17-15-6-4-5-7-16(15)22(3)18(17)23/h4-12H,1-3H3/b19-12+,20-17-. The largest absolute Gasteiger partial charge is 0.378 e. The van der Waals surface area contributed by atoms with Crippen LogP contribution in [0.3, 0.4) is 0 Å². The van der Waals surface area contributed by atoms with E-state index in [1.165, 1.54) is 0 Å². The van der Waals surface area contributed by atoms with Gasteiger partial charge in [0.05, 0.1) is 11.9 Å². The highest BCUT2D eigenvalue weighted by atomic mass is 16.2. The van der Waals surface area contributed by atoms with Gasteiger partial charge < -0.3 is 9.80 Å². The molecule has 3 rings (SSSR count). The average Bonchev–Trinajstić information content (AvgIpc) is 2.81. The summed E-state index contributed by atoms with van der Waals surface area (Å²) in [4.78, 5) is 15.9. The Bertz CT molecular complexity index is 791. The van der Waals surface area contributed by atoms with Gasteiger partial charge in [-0.25, -0.2) is 0 Å². The van der Waals surface area contributed by atoms with Crippen molar-refractivity contribution >= 4 is 29.2 Å². The van der Waals surface area contributed by atoms with Crippen molar-refractivity contribution in [2.75, 3.05) is 30.9 Å². The zero-order valence-electron chi connectivity index (χ0n) is 13.4. The third-order valence-electron chi connectivity index (χ3n) is 3.80. The lowest BCUT2D eigenvalue weighted by atomic mass is 10.1. The van der Waals surface area contributed by atoms with Gasteiger partial charge in [0.25, 0.3) is 5.91 Å². The van der Waals surface area contributed by atoms with Crippen molar-refractivity contribution in [1.82, 2.24) is 0 Å². The summed E-state index contributed by atoms with van der Waals surface area (Å²) in [7, 11) is 5.73. The van der Waals surface area contributed by atoms with Crippen LogP contribution in [-0.2, 0) is 4.79 Å². The van der Waals surface area contributed by atoms with Gasteiger partial charge in [-0.15, -0.1) is 5.10 Å². The summed E-state index contributed by atoms with van der Waals surface area (Å²) in [6.45, 7) is 0. The minimum absolute atomic E-state index is 0.133. The molecule has 0 fully saturated rings. The first-order chi connectivity index (χ1) is 11.1. The molecule has 0 radical (unpaired) electrons. The molecule has 23 heavy (non-hydrogen) atoms. The fourth-order valence-corrected chi connectivity index (χ4v) is 2.46. The van der Waals surface area contributed by atoms with Gasteiger partial charge in [-0.1, -0.05) is 30.3 Å². The molecule has 0 atom stereocenters. The van der Waals surface area contributed by atoms with E-state index >= 15 is 0 Å². The lowest BCUT2D eigenvalue weighted by Crippen LogP contribution is -2.25. The lowest BCUT2D eigenvalue weighted by molar-refractivity contribution is -0.111. The van der Waals surface area contributed by atoms with Crippen LogP contribution in [0, 0.1) is 0 Å². The Morgan fingerprint density at radius 1 is 1.04 bits per heavy atom. The molecule has 2 aromatic rings. The Morgan fingerprint density at radius 3 is 2.43 bits per heavy atom. The van der Waals surface area contributed by atoms with Gasteiger partial charge in [-0.05, 0) is 23.8 Å². The molecule has 0 aromatic heterocycles. The van der Waals surface area contributed by atoms with Crippen molar-refractivity contribution in [2.24, 2.45) is 10.2 Å². The first kappa shape index (κ1) is 15.0. The molecule has 0 bridgehead atoms. The maximum Gasteiger partial charge on any atom is 0.279 e. The van der Waals surface area contributed by atoms with E-state index in [2.05, 4.69) is 10.2 Å². The van der Waals surface area contributed by atoms with Gasteiger partial charge in [-0.2, -0.15) is 5.10 Å². The summed E-state index contributed by atoms with van der Waals surface area (Å²) in [5.74, 6) is -0.133. The average molecular weight is 306 g/mol. The zero-order valence-corrected chi connectivity index (χ0v) is 13.4. The molecule has 0 unspecified atom stereocenters. The number of amides is 1. The number of hydrogen-bond donors (Lipinski definition) is 0. The van der Waals surface area contributed by atoms with Crippen LogP contribution in [-0.4, -0.2) is 39.0 Å². The van der Waals surface area contributed by atoms with E-state index in [9.17, 15) is 4.79 Å².